The first-order chi connectivity index (χ1) is 17.8. The van der Waals surface area contributed by atoms with Crippen molar-refractivity contribution in [2.24, 2.45) is 0 Å². The lowest BCUT2D eigenvalue weighted by Gasteiger charge is -2.14. The highest BCUT2D eigenvalue weighted by Crippen LogP contribution is 2.24. The molecule has 0 aliphatic heterocycles. The van der Waals surface area contributed by atoms with Gasteiger partial charge in [0.25, 0.3) is 0 Å². The van der Waals surface area contributed by atoms with Crippen LogP contribution >= 0.6 is 0 Å². The molecule has 4 N–H and O–H groups in total. The summed E-state index contributed by atoms with van der Waals surface area (Å²) in [6.45, 7) is 1.01. The number of likely N-dealkylation sites (N-methyl/N-ethyl adjacent to an activating group) is 1. The fourth-order valence-corrected chi connectivity index (χ4v) is 3.96. The van der Waals surface area contributed by atoms with Gasteiger partial charge in [-0.05, 0) is 55.1 Å². The highest BCUT2D eigenvalue weighted by atomic mass is 19.1. The number of benzene rings is 2. The number of anilines is 2. The van der Waals surface area contributed by atoms with Crippen molar-refractivity contribution in [2.45, 2.75) is 13.0 Å². The average Bonchev–Trinajstić information content (AvgIpc) is 2.89. The fraction of sp³-hybridized carbons (Fsp3) is 0.172. The zero-order valence-corrected chi connectivity index (χ0v) is 20.8. The second-order valence-corrected chi connectivity index (χ2v) is 9.07. The summed E-state index contributed by atoms with van der Waals surface area (Å²) in [5, 5.41) is 21.0. The Hall–Kier alpha value is -4.61. The second-order valence-electron chi connectivity index (χ2n) is 9.07. The summed E-state index contributed by atoms with van der Waals surface area (Å²) in [5.41, 5.74) is 12.3. The van der Waals surface area contributed by atoms with Gasteiger partial charge in [-0.15, -0.1) is 0 Å². The maximum atomic E-state index is 13.3. The molecule has 0 bridgehead atoms. The molecular formula is C29H28FN7. The third-order valence-corrected chi connectivity index (χ3v) is 5.87. The SMILES string of the molecule is CN(C)CC(=N)c1cc(-c2ccc(CNc3ncc(C#N)cc3Cc3ccc(F)cc3)cc2)cnc1N. The number of hydrogen-bond acceptors (Lipinski definition) is 7. The van der Waals surface area contributed by atoms with Crippen molar-refractivity contribution in [2.75, 3.05) is 31.7 Å². The topological polar surface area (TPSA) is 115 Å². The van der Waals surface area contributed by atoms with E-state index < -0.39 is 0 Å². The Bertz CT molecular complexity index is 1440. The second kappa shape index (κ2) is 11.4. The summed E-state index contributed by atoms with van der Waals surface area (Å²) in [5.74, 6) is 0.745. The Morgan fingerprint density at radius 3 is 2.38 bits per heavy atom. The van der Waals surface area contributed by atoms with Crippen LogP contribution in [-0.4, -0.2) is 41.2 Å². The standard InChI is InChI=1S/C29H28FN7/c1-37(2)18-27(32)26-13-24(17-34-28(26)33)22-7-3-20(4-8-22)15-35-29-23(12-21(14-31)16-36-29)11-19-5-9-25(30)10-6-19/h3-10,12-13,16-17,32H,11,15,18H2,1-2H3,(H2,33,34)(H,35,36). The molecule has 0 radical (unpaired) electrons. The van der Waals surface area contributed by atoms with Gasteiger partial charge in [-0.25, -0.2) is 14.4 Å². The van der Waals surface area contributed by atoms with Gasteiger partial charge in [0.15, 0.2) is 0 Å². The number of nitrogen functional groups attached to an aromatic ring is 1. The summed E-state index contributed by atoms with van der Waals surface area (Å²) >= 11 is 0. The molecule has 4 aromatic rings. The maximum absolute atomic E-state index is 13.3. The van der Waals surface area contributed by atoms with Crippen molar-refractivity contribution in [1.82, 2.24) is 14.9 Å². The molecule has 0 fully saturated rings. The van der Waals surface area contributed by atoms with Crippen molar-refractivity contribution >= 4 is 17.3 Å². The first-order valence-corrected chi connectivity index (χ1v) is 11.8. The van der Waals surface area contributed by atoms with Crippen LogP contribution in [0.1, 0.15) is 27.8 Å². The molecular weight excluding hydrogens is 465 g/mol. The Kier molecular flexibility index (Phi) is 7.86. The molecule has 0 aliphatic carbocycles. The van der Waals surface area contributed by atoms with Crippen LogP contribution in [0, 0.1) is 22.6 Å². The van der Waals surface area contributed by atoms with Gasteiger partial charge in [-0.3, -0.25) is 0 Å². The number of nitrogens with zero attached hydrogens (tertiary/aromatic N) is 4. The van der Waals surface area contributed by atoms with Crippen LogP contribution in [0.5, 0.6) is 0 Å². The lowest BCUT2D eigenvalue weighted by molar-refractivity contribution is 0.469. The summed E-state index contributed by atoms with van der Waals surface area (Å²) in [4.78, 5) is 10.7. The van der Waals surface area contributed by atoms with Gasteiger partial charge in [-0.1, -0.05) is 36.4 Å². The van der Waals surface area contributed by atoms with Crippen LogP contribution in [0.4, 0.5) is 16.0 Å². The smallest absolute Gasteiger partial charge is 0.132 e. The first-order valence-electron chi connectivity index (χ1n) is 11.8. The van der Waals surface area contributed by atoms with Gasteiger partial charge in [-0.2, -0.15) is 5.26 Å². The molecule has 4 rings (SSSR count). The van der Waals surface area contributed by atoms with Gasteiger partial charge in [0.1, 0.15) is 23.5 Å². The Morgan fingerprint density at radius 1 is 1.00 bits per heavy atom. The molecule has 2 heterocycles. The van der Waals surface area contributed by atoms with Crippen LogP contribution in [0.2, 0.25) is 0 Å². The molecule has 0 atom stereocenters. The highest BCUT2D eigenvalue weighted by Gasteiger charge is 2.11. The number of aromatic nitrogens is 2. The first kappa shape index (κ1) is 25.5. The molecule has 2 aromatic heterocycles. The third-order valence-electron chi connectivity index (χ3n) is 5.87. The molecule has 0 amide bonds. The largest absolute Gasteiger partial charge is 0.383 e. The quantitative estimate of drug-likeness (QED) is 0.287. The van der Waals surface area contributed by atoms with E-state index in [9.17, 15) is 9.65 Å². The van der Waals surface area contributed by atoms with Gasteiger partial charge in [0.05, 0.1) is 11.3 Å². The van der Waals surface area contributed by atoms with Crippen LogP contribution in [0.3, 0.4) is 0 Å². The summed E-state index contributed by atoms with van der Waals surface area (Å²) in [7, 11) is 3.82. The van der Waals surface area contributed by atoms with Crippen LogP contribution in [0.25, 0.3) is 11.1 Å². The maximum Gasteiger partial charge on any atom is 0.132 e. The Labute approximate surface area is 215 Å². The molecule has 0 aliphatic rings. The lowest BCUT2D eigenvalue weighted by Crippen LogP contribution is -2.22. The van der Waals surface area contributed by atoms with E-state index in [1.165, 1.54) is 12.1 Å². The van der Waals surface area contributed by atoms with Gasteiger partial charge in [0, 0.05) is 48.6 Å². The number of nitriles is 1. The monoisotopic (exact) mass is 493 g/mol. The minimum absolute atomic E-state index is 0.285. The minimum Gasteiger partial charge on any atom is -0.383 e. The summed E-state index contributed by atoms with van der Waals surface area (Å²) in [6.07, 6.45) is 3.79. The minimum atomic E-state index is -0.285. The fourth-order valence-electron chi connectivity index (χ4n) is 3.96. The van der Waals surface area contributed by atoms with Crippen LogP contribution < -0.4 is 11.1 Å². The van der Waals surface area contributed by atoms with E-state index >= 15 is 0 Å². The zero-order chi connectivity index (χ0) is 26.4. The molecule has 2 aromatic carbocycles. The predicted octanol–water partition coefficient (Wildman–Crippen LogP) is 4.87. The number of pyridine rings is 2. The normalized spacial score (nSPS) is 10.8. The van der Waals surface area contributed by atoms with E-state index in [2.05, 4.69) is 21.4 Å². The van der Waals surface area contributed by atoms with Crippen LogP contribution in [0.15, 0.2) is 73.1 Å². The van der Waals surface area contributed by atoms with E-state index in [0.29, 0.717) is 48.0 Å². The van der Waals surface area contributed by atoms with Crippen molar-refractivity contribution < 1.29 is 4.39 Å². The third kappa shape index (κ3) is 6.54. The van der Waals surface area contributed by atoms with E-state index in [0.717, 1.165) is 27.8 Å². The molecule has 186 valence electrons. The van der Waals surface area contributed by atoms with Gasteiger partial charge in [0.2, 0.25) is 0 Å². The van der Waals surface area contributed by atoms with E-state index in [1.54, 1.807) is 30.6 Å². The van der Waals surface area contributed by atoms with Gasteiger partial charge >= 0.3 is 0 Å². The Morgan fingerprint density at radius 2 is 1.70 bits per heavy atom. The van der Waals surface area contributed by atoms with Gasteiger partial charge < -0.3 is 21.4 Å². The summed E-state index contributed by atoms with van der Waals surface area (Å²) in [6, 6.07) is 20.2. The zero-order valence-electron chi connectivity index (χ0n) is 20.8. The van der Waals surface area contributed by atoms with E-state index in [4.69, 9.17) is 11.1 Å². The molecule has 7 nitrogen and oxygen atoms in total. The number of nitrogens with two attached hydrogens (primary N) is 1. The molecule has 37 heavy (non-hydrogen) atoms. The summed E-state index contributed by atoms with van der Waals surface area (Å²) < 4.78 is 13.3. The van der Waals surface area contributed by atoms with E-state index in [1.807, 2.05) is 49.3 Å². The predicted molar refractivity (Wildman–Crippen MR) is 145 cm³/mol. The van der Waals surface area contributed by atoms with E-state index in [-0.39, 0.29) is 5.82 Å². The average molecular weight is 494 g/mol. The van der Waals surface area contributed by atoms with Crippen molar-refractivity contribution in [3.8, 4) is 17.2 Å². The number of hydrogen-bond donors (Lipinski definition) is 3. The molecule has 0 unspecified atom stereocenters. The molecule has 8 heteroatoms. The van der Waals surface area contributed by atoms with Crippen molar-refractivity contribution in [3.63, 3.8) is 0 Å². The Balaban J connectivity index is 1.49. The molecule has 0 saturated carbocycles. The van der Waals surface area contributed by atoms with Crippen LogP contribution in [-0.2, 0) is 13.0 Å². The highest BCUT2D eigenvalue weighted by molar-refractivity contribution is 6.04. The number of halogens is 1. The van der Waals surface area contributed by atoms with Crippen molar-refractivity contribution in [1.29, 1.82) is 10.7 Å². The number of nitrogens with one attached hydrogen (secondary N) is 2. The van der Waals surface area contributed by atoms with Crippen molar-refractivity contribution in [3.05, 3.63) is 107 Å². The molecule has 0 spiro atoms. The molecule has 0 saturated heterocycles. The number of rotatable bonds is 9. The lowest BCUT2D eigenvalue weighted by atomic mass is 10.0.